The van der Waals surface area contributed by atoms with Crippen molar-refractivity contribution in [3.8, 4) is 0 Å². The number of thioether (sulfide) groups is 1. The van der Waals surface area contributed by atoms with E-state index in [4.69, 9.17) is 9.47 Å². The highest BCUT2D eigenvalue weighted by Crippen LogP contribution is 2.25. The number of rotatable bonds is 12. The normalized spacial score (nSPS) is 20.8. The van der Waals surface area contributed by atoms with E-state index < -0.39 is 6.10 Å². The van der Waals surface area contributed by atoms with E-state index in [0.717, 1.165) is 31.2 Å². The van der Waals surface area contributed by atoms with Crippen LogP contribution in [0.1, 0.15) is 32.6 Å². The second-order valence-corrected chi connectivity index (χ2v) is 6.40. The SMILES string of the molecule is CCCCOCCOCC(O)CNCC1CCCS1. The van der Waals surface area contributed by atoms with Gasteiger partial charge in [-0.15, -0.1) is 0 Å². The van der Waals surface area contributed by atoms with Crippen LogP contribution in [-0.4, -0.2) is 61.7 Å². The third kappa shape index (κ3) is 9.68. The Labute approximate surface area is 121 Å². The van der Waals surface area contributed by atoms with Crippen LogP contribution >= 0.6 is 11.8 Å². The molecule has 2 atom stereocenters. The fourth-order valence-electron chi connectivity index (χ4n) is 1.96. The van der Waals surface area contributed by atoms with Crippen molar-refractivity contribution in [2.24, 2.45) is 0 Å². The zero-order valence-corrected chi connectivity index (χ0v) is 12.9. The van der Waals surface area contributed by atoms with Crippen LogP contribution in [0.2, 0.25) is 0 Å². The Kier molecular flexibility index (Phi) is 10.9. The summed E-state index contributed by atoms with van der Waals surface area (Å²) in [6.07, 6.45) is 4.48. The molecule has 1 rings (SSSR count). The molecule has 1 saturated heterocycles. The van der Waals surface area contributed by atoms with Crippen molar-refractivity contribution in [1.29, 1.82) is 0 Å². The quantitative estimate of drug-likeness (QED) is 0.536. The van der Waals surface area contributed by atoms with E-state index >= 15 is 0 Å². The zero-order valence-electron chi connectivity index (χ0n) is 12.1. The second kappa shape index (κ2) is 12.0. The van der Waals surface area contributed by atoms with E-state index in [-0.39, 0.29) is 0 Å². The summed E-state index contributed by atoms with van der Waals surface area (Å²) in [6, 6.07) is 0. The smallest absolute Gasteiger partial charge is 0.0897 e. The van der Waals surface area contributed by atoms with E-state index in [9.17, 15) is 5.11 Å². The molecule has 2 unspecified atom stereocenters. The fourth-order valence-corrected chi connectivity index (χ4v) is 3.20. The average molecular weight is 291 g/mol. The summed E-state index contributed by atoms with van der Waals surface area (Å²) in [5, 5.41) is 13.8. The third-order valence-electron chi connectivity index (χ3n) is 3.10. The molecule has 0 spiro atoms. The Morgan fingerprint density at radius 3 is 2.89 bits per heavy atom. The molecule has 4 nitrogen and oxygen atoms in total. The predicted molar refractivity (Wildman–Crippen MR) is 80.9 cm³/mol. The van der Waals surface area contributed by atoms with Crippen molar-refractivity contribution in [2.45, 2.75) is 44.0 Å². The molecular formula is C14H29NO3S. The summed E-state index contributed by atoms with van der Waals surface area (Å²) < 4.78 is 10.8. The molecule has 0 aliphatic carbocycles. The first-order valence-electron chi connectivity index (χ1n) is 7.48. The first kappa shape index (κ1) is 17.2. The van der Waals surface area contributed by atoms with Crippen LogP contribution in [0.4, 0.5) is 0 Å². The van der Waals surface area contributed by atoms with E-state index in [0.29, 0.717) is 26.4 Å². The van der Waals surface area contributed by atoms with Crippen molar-refractivity contribution in [1.82, 2.24) is 5.32 Å². The summed E-state index contributed by atoms with van der Waals surface area (Å²) in [7, 11) is 0. The minimum absolute atomic E-state index is 0.391. The van der Waals surface area contributed by atoms with Crippen LogP contribution in [0, 0.1) is 0 Å². The first-order chi connectivity index (χ1) is 9.33. The number of hydrogen-bond donors (Lipinski definition) is 2. The maximum absolute atomic E-state index is 9.73. The largest absolute Gasteiger partial charge is 0.389 e. The lowest BCUT2D eigenvalue weighted by Gasteiger charge is -2.14. The number of hydrogen-bond acceptors (Lipinski definition) is 5. The number of aliphatic hydroxyl groups is 1. The van der Waals surface area contributed by atoms with Crippen molar-refractivity contribution < 1.29 is 14.6 Å². The standard InChI is InChI=1S/C14H29NO3S/c1-2-3-6-17-7-8-18-12-13(16)10-15-11-14-5-4-9-19-14/h13-16H,2-12H2,1H3. The summed E-state index contributed by atoms with van der Waals surface area (Å²) in [4.78, 5) is 0. The van der Waals surface area contributed by atoms with E-state index in [1.54, 1.807) is 0 Å². The average Bonchev–Trinajstić information content (AvgIpc) is 2.91. The van der Waals surface area contributed by atoms with Crippen molar-refractivity contribution in [2.75, 3.05) is 45.3 Å². The molecule has 0 bridgehead atoms. The monoisotopic (exact) mass is 291 g/mol. The summed E-state index contributed by atoms with van der Waals surface area (Å²) in [5.41, 5.74) is 0. The lowest BCUT2D eigenvalue weighted by Crippen LogP contribution is -2.34. The first-order valence-corrected chi connectivity index (χ1v) is 8.53. The highest BCUT2D eigenvalue weighted by atomic mass is 32.2. The van der Waals surface area contributed by atoms with Crippen LogP contribution in [0.25, 0.3) is 0 Å². The number of ether oxygens (including phenoxy) is 2. The molecule has 0 aromatic carbocycles. The van der Waals surface area contributed by atoms with Gasteiger partial charge >= 0.3 is 0 Å². The molecule has 2 N–H and O–H groups in total. The minimum atomic E-state index is -0.415. The van der Waals surface area contributed by atoms with Gasteiger partial charge in [-0.2, -0.15) is 11.8 Å². The van der Waals surface area contributed by atoms with Gasteiger partial charge in [-0.05, 0) is 25.0 Å². The summed E-state index contributed by atoms with van der Waals surface area (Å²) in [5.74, 6) is 1.29. The lowest BCUT2D eigenvalue weighted by atomic mass is 10.2. The molecule has 0 radical (unpaired) electrons. The molecule has 19 heavy (non-hydrogen) atoms. The van der Waals surface area contributed by atoms with Crippen LogP contribution in [0.15, 0.2) is 0 Å². The molecule has 5 heteroatoms. The van der Waals surface area contributed by atoms with Crippen molar-refractivity contribution in [3.63, 3.8) is 0 Å². The fraction of sp³-hybridized carbons (Fsp3) is 1.00. The molecule has 0 saturated carbocycles. The minimum Gasteiger partial charge on any atom is -0.389 e. The molecule has 1 aliphatic heterocycles. The third-order valence-corrected chi connectivity index (χ3v) is 4.50. The highest BCUT2D eigenvalue weighted by Gasteiger charge is 2.15. The molecule has 1 fully saturated rings. The molecular weight excluding hydrogens is 262 g/mol. The Balaban J connectivity index is 1.80. The van der Waals surface area contributed by atoms with Gasteiger partial charge in [0.2, 0.25) is 0 Å². The Hall–Kier alpha value is 0.190. The van der Waals surface area contributed by atoms with Crippen molar-refractivity contribution >= 4 is 11.8 Å². The van der Waals surface area contributed by atoms with E-state index in [1.807, 2.05) is 11.8 Å². The molecule has 1 heterocycles. The molecule has 0 aromatic heterocycles. The second-order valence-electron chi connectivity index (χ2n) is 4.99. The molecule has 0 aromatic rings. The van der Waals surface area contributed by atoms with Gasteiger partial charge in [0.1, 0.15) is 0 Å². The van der Waals surface area contributed by atoms with Crippen molar-refractivity contribution in [3.05, 3.63) is 0 Å². The Bertz CT molecular complexity index is 201. The lowest BCUT2D eigenvalue weighted by molar-refractivity contribution is 0.00400. The van der Waals surface area contributed by atoms with E-state index in [2.05, 4.69) is 12.2 Å². The van der Waals surface area contributed by atoms with Crippen LogP contribution < -0.4 is 5.32 Å². The number of nitrogens with one attached hydrogen (secondary N) is 1. The molecule has 1 aliphatic rings. The van der Waals surface area contributed by atoms with Gasteiger partial charge < -0.3 is 19.9 Å². The van der Waals surface area contributed by atoms with Gasteiger partial charge in [0, 0.05) is 24.9 Å². The van der Waals surface area contributed by atoms with Gasteiger partial charge in [0.25, 0.3) is 0 Å². The van der Waals surface area contributed by atoms with Gasteiger partial charge in [0.15, 0.2) is 0 Å². The maximum Gasteiger partial charge on any atom is 0.0897 e. The highest BCUT2D eigenvalue weighted by molar-refractivity contribution is 8.00. The van der Waals surface area contributed by atoms with Crippen LogP contribution in [0.3, 0.4) is 0 Å². The number of aliphatic hydroxyl groups excluding tert-OH is 1. The Morgan fingerprint density at radius 2 is 2.16 bits per heavy atom. The maximum atomic E-state index is 9.73. The van der Waals surface area contributed by atoms with Gasteiger partial charge in [-0.25, -0.2) is 0 Å². The zero-order chi connectivity index (χ0) is 13.8. The van der Waals surface area contributed by atoms with Gasteiger partial charge in [-0.1, -0.05) is 13.3 Å². The summed E-state index contributed by atoms with van der Waals surface area (Å²) >= 11 is 2.03. The Morgan fingerprint density at radius 1 is 1.32 bits per heavy atom. The van der Waals surface area contributed by atoms with Crippen LogP contribution in [0.5, 0.6) is 0 Å². The molecule has 0 amide bonds. The summed E-state index contributed by atoms with van der Waals surface area (Å²) in [6.45, 7) is 6.16. The predicted octanol–water partition coefficient (Wildman–Crippen LogP) is 1.67. The van der Waals surface area contributed by atoms with Gasteiger partial charge in [-0.3, -0.25) is 0 Å². The molecule has 114 valence electrons. The van der Waals surface area contributed by atoms with E-state index in [1.165, 1.54) is 18.6 Å². The topological polar surface area (TPSA) is 50.7 Å². The number of unbranched alkanes of at least 4 members (excludes halogenated alkanes) is 1. The van der Waals surface area contributed by atoms with Gasteiger partial charge in [0.05, 0.1) is 25.9 Å². The van der Waals surface area contributed by atoms with Crippen LogP contribution in [-0.2, 0) is 9.47 Å².